The van der Waals surface area contributed by atoms with Crippen LogP contribution >= 0.6 is 0 Å². The van der Waals surface area contributed by atoms with Gasteiger partial charge in [-0.25, -0.2) is 4.39 Å². The van der Waals surface area contributed by atoms with Crippen LogP contribution in [0.25, 0.3) is 0 Å². The minimum absolute atomic E-state index is 0.0427. The van der Waals surface area contributed by atoms with E-state index in [9.17, 15) is 14.3 Å². The summed E-state index contributed by atoms with van der Waals surface area (Å²) in [6.45, 7) is 0.647. The molecule has 3 atom stereocenters. The number of hydrogen-bond donors (Lipinski definition) is 2. The first-order valence-corrected chi connectivity index (χ1v) is 9.43. The summed E-state index contributed by atoms with van der Waals surface area (Å²) in [5, 5.41) is 14.2. The van der Waals surface area contributed by atoms with Crippen LogP contribution in [-0.2, 0) is 11.2 Å². The number of ether oxygens (including phenoxy) is 2. The Bertz CT molecular complexity index is 809. The zero-order valence-corrected chi connectivity index (χ0v) is 16.2. The second-order valence-corrected chi connectivity index (χ2v) is 7.09. The quantitative estimate of drug-likeness (QED) is 0.764. The maximum absolute atomic E-state index is 13.1. The Morgan fingerprint density at radius 3 is 2.64 bits per heavy atom. The lowest BCUT2D eigenvalue weighted by Gasteiger charge is -2.33. The van der Waals surface area contributed by atoms with Crippen molar-refractivity contribution in [3.8, 4) is 11.5 Å². The van der Waals surface area contributed by atoms with E-state index < -0.39 is 6.10 Å². The van der Waals surface area contributed by atoms with Gasteiger partial charge in [-0.1, -0.05) is 24.3 Å². The summed E-state index contributed by atoms with van der Waals surface area (Å²) >= 11 is 0. The van der Waals surface area contributed by atoms with Crippen LogP contribution in [0.2, 0.25) is 0 Å². The maximum atomic E-state index is 13.1. The molecule has 0 saturated carbocycles. The van der Waals surface area contributed by atoms with E-state index in [0.717, 1.165) is 12.0 Å². The zero-order chi connectivity index (χ0) is 20.1. The zero-order valence-electron chi connectivity index (χ0n) is 16.2. The summed E-state index contributed by atoms with van der Waals surface area (Å²) in [7, 11) is 3.11. The van der Waals surface area contributed by atoms with Crippen molar-refractivity contribution in [2.24, 2.45) is 5.92 Å². The lowest BCUT2D eigenvalue weighted by molar-refractivity contribution is -0.121. The molecule has 1 heterocycles. The van der Waals surface area contributed by atoms with E-state index in [-0.39, 0.29) is 30.0 Å². The molecular formula is C22H26FNO4. The monoisotopic (exact) mass is 387 g/mol. The highest BCUT2D eigenvalue weighted by molar-refractivity contribution is 5.86. The Kier molecular flexibility index (Phi) is 6.65. The average molecular weight is 387 g/mol. The number of para-hydroxylation sites is 1. The van der Waals surface area contributed by atoms with Gasteiger partial charge in [0.1, 0.15) is 5.82 Å². The van der Waals surface area contributed by atoms with Crippen LogP contribution in [0, 0.1) is 11.7 Å². The van der Waals surface area contributed by atoms with Gasteiger partial charge in [-0.3, -0.25) is 4.79 Å². The van der Waals surface area contributed by atoms with E-state index in [0.29, 0.717) is 30.0 Å². The lowest BCUT2D eigenvalue weighted by atomic mass is 9.82. The topological polar surface area (TPSA) is 67.8 Å². The molecule has 3 unspecified atom stereocenters. The lowest BCUT2D eigenvalue weighted by Crippen LogP contribution is -2.45. The molecule has 0 bridgehead atoms. The number of carbonyl (C=O) groups excluding carboxylic acids is 1. The largest absolute Gasteiger partial charge is 0.493 e. The Morgan fingerprint density at radius 1 is 1.21 bits per heavy atom. The van der Waals surface area contributed by atoms with Crippen LogP contribution < -0.4 is 14.8 Å². The van der Waals surface area contributed by atoms with Crippen molar-refractivity contribution in [1.82, 2.24) is 5.32 Å². The number of carbonyl (C=O) groups is 1. The minimum atomic E-state index is -0.756. The van der Waals surface area contributed by atoms with Crippen molar-refractivity contribution in [2.45, 2.75) is 31.4 Å². The summed E-state index contributed by atoms with van der Waals surface area (Å²) < 4.78 is 23.8. The number of rotatable bonds is 7. The minimum Gasteiger partial charge on any atom is -0.493 e. The van der Waals surface area contributed by atoms with Gasteiger partial charge in [0.2, 0.25) is 0 Å². The smallest absolute Gasteiger partial charge is 0.166 e. The van der Waals surface area contributed by atoms with Crippen LogP contribution in [-0.4, -0.2) is 37.7 Å². The van der Waals surface area contributed by atoms with Gasteiger partial charge in [-0.05, 0) is 49.1 Å². The summed E-state index contributed by atoms with van der Waals surface area (Å²) in [6, 6.07) is 11.1. The van der Waals surface area contributed by atoms with Gasteiger partial charge in [0.15, 0.2) is 17.3 Å². The molecule has 1 saturated heterocycles. The van der Waals surface area contributed by atoms with Crippen LogP contribution in [0.4, 0.5) is 4.39 Å². The molecule has 0 amide bonds. The van der Waals surface area contributed by atoms with Crippen molar-refractivity contribution in [3.05, 3.63) is 59.4 Å². The molecule has 1 aliphatic heterocycles. The fraction of sp³-hybridized carbons (Fsp3) is 0.409. The Labute approximate surface area is 164 Å². The Morgan fingerprint density at radius 2 is 1.96 bits per heavy atom. The maximum Gasteiger partial charge on any atom is 0.166 e. The molecule has 28 heavy (non-hydrogen) atoms. The van der Waals surface area contributed by atoms with Crippen molar-refractivity contribution >= 4 is 5.78 Å². The normalized spacial score (nSPS) is 20.4. The first kappa shape index (κ1) is 20.3. The SMILES string of the molecule is COc1cccc(C(O)C2CCNC(C(=O)Cc3ccc(F)cc3)C2)c1OC. The number of benzene rings is 2. The van der Waals surface area contributed by atoms with E-state index in [1.165, 1.54) is 12.1 Å². The first-order valence-electron chi connectivity index (χ1n) is 9.43. The summed E-state index contributed by atoms with van der Waals surface area (Å²) in [4.78, 5) is 12.7. The van der Waals surface area contributed by atoms with E-state index >= 15 is 0 Å². The van der Waals surface area contributed by atoms with Crippen molar-refractivity contribution in [1.29, 1.82) is 0 Å². The van der Waals surface area contributed by atoms with Gasteiger partial charge in [-0.2, -0.15) is 0 Å². The molecular weight excluding hydrogens is 361 g/mol. The number of hydrogen-bond acceptors (Lipinski definition) is 5. The van der Waals surface area contributed by atoms with Gasteiger partial charge < -0.3 is 19.9 Å². The third-order valence-corrected chi connectivity index (χ3v) is 5.32. The second kappa shape index (κ2) is 9.17. The summed E-state index contributed by atoms with van der Waals surface area (Å²) in [5.74, 6) is 0.732. The molecule has 6 heteroatoms. The molecule has 1 aliphatic rings. The van der Waals surface area contributed by atoms with E-state index in [2.05, 4.69) is 5.32 Å². The Balaban J connectivity index is 1.70. The van der Waals surface area contributed by atoms with E-state index in [1.807, 2.05) is 12.1 Å². The predicted molar refractivity (Wildman–Crippen MR) is 104 cm³/mol. The van der Waals surface area contributed by atoms with Gasteiger partial charge in [-0.15, -0.1) is 0 Å². The highest BCUT2D eigenvalue weighted by Crippen LogP contribution is 2.40. The molecule has 2 N–H and O–H groups in total. The fourth-order valence-corrected chi connectivity index (χ4v) is 3.80. The fourth-order valence-electron chi connectivity index (χ4n) is 3.80. The molecule has 2 aromatic carbocycles. The number of nitrogens with one attached hydrogen (secondary N) is 1. The second-order valence-electron chi connectivity index (χ2n) is 7.09. The molecule has 0 spiro atoms. The van der Waals surface area contributed by atoms with Crippen molar-refractivity contribution in [2.75, 3.05) is 20.8 Å². The molecule has 2 aromatic rings. The number of methoxy groups -OCH3 is 2. The highest BCUT2D eigenvalue weighted by Gasteiger charge is 2.33. The summed E-state index contributed by atoms with van der Waals surface area (Å²) in [5.41, 5.74) is 1.45. The first-order chi connectivity index (χ1) is 13.5. The van der Waals surface area contributed by atoms with Crippen LogP contribution in [0.15, 0.2) is 42.5 Å². The third kappa shape index (κ3) is 4.51. The van der Waals surface area contributed by atoms with E-state index in [1.54, 1.807) is 32.4 Å². The van der Waals surface area contributed by atoms with Crippen LogP contribution in [0.5, 0.6) is 11.5 Å². The summed E-state index contributed by atoms with van der Waals surface area (Å²) in [6.07, 6.45) is 0.764. The molecule has 150 valence electrons. The molecule has 0 aromatic heterocycles. The molecule has 1 fully saturated rings. The van der Waals surface area contributed by atoms with Gasteiger partial charge in [0.25, 0.3) is 0 Å². The van der Waals surface area contributed by atoms with Gasteiger partial charge in [0, 0.05) is 12.0 Å². The molecule has 0 radical (unpaired) electrons. The molecule has 3 rings (SSSR count). The van der Waals surface area contributed by atoms with Crippen LogP contribution in [0.1, 0.15) is 30.1 Å². The number of aliphatic hydroxyl groups excluding tert-OH is 1. The molecule has 5 nitrogen and oxygen atoms in total. The molecule has 0 aliphatic carbocycles. The average Bonchev–Trinajstić information content (AvgIpc) is 2.74. The third-order valence-electron chi connectivity index (χ3n) is 5.32. The standard InChI is InChI=1S/C22H26FNO4/c1-27-20-5-3-4-17(22(20)28-2)21(26)15-10-11-24-18(13-15)19(25)12-14-6-8-16(23)9-7-14/h3-9,15,18,21,24,26H,10-13H2,1-2H3. The van der Waals surface area contributed by atoms with Gasteiger partial charge in [0.05, 0.1) is 26.4 Å². The Hall–Kier alpha value is -2.44. The number of piperidine rings is 1. The van der Waals surface area contributed by atoms with Gasteiger partial charge >= 0.3 is 0 Å². The van der Waals surface area contributed by atoms with Crippen molar-refractivity contribution < 1.29 is 23.8 Å². The van der Waals surface area contributed by atoms with Crippen LogP contribution in [0.3, 0.4) is 0 Å². The highest BCUT2D eigenvalue weighted by atomic mass is 19.1. The number of aliphatic hydroxyl groups is 1. The number of ketones is 1. The van der Waals surface area contributed by atoms with Crippen molar-refractivity contribution in [3.63, 3.8) is 0 Å². The number of Topliss-reactive ketones (excluding diaryl/α,β-unsaturated/α-hetero) is 1. The number of halogens is 1. The predicted octanol–water partition coefficient (Wildman–Crippen LogP) is 3.06. The van der Waals surface area contributed by atoms with E-state index in [4.69, 9.17) is 9.47 Å².